The second-order valence-electron chi connectivity index (χ2n) is 6.60. The van der Waals surface area contributed by atoms with E-state index < -0.39 is 10.0 Å². The fourth-order valence-corrected chi connectivity index (χ4v) is 4.62. The molecule has 2 heterocycles. The van der Waals surface area contributed by atoms with Crippen molar-refractivity contribution in [1.82, 2.24) is 18.7 Å². The van der Waals surface area contributed by atoms with Gasteiger partial charge < -0.3 is 0 Å². The van der Waals surface area contributed by atoms with Gasteiger partial charge in [-0.1, -0.05) is 30.3 Å². The van der Waals surface area contributed by atoms with E-state index in [0.717, 1.165) is 11.4 Å². The summed E-state index contributed by atoms with van der Waals surface area (Å²) in [6.07, 6.45) is 1.39. The molecule has 7 nitrogen and oxygen atoms in total. The van der Waals surface area contributed by atoms with E-state index in [1.165, 1.54) is 4.68 Å². The molecule has 0 spiro atoms. The van der Waals surface area contributed by atoms with Crippen molar-refractivity contribution < 1.29 is 8.42 Å². The molecule has 0 bridgehead atoms. The Labute approximate surface area is 154 Å². The Morgan fingerprint density at radius 2 is 1.77 bits per heavy atom. The van der Waals surface area contributed by atoms with Crippen LogP contribution in [-0.4, -0.2) is 45.9 Å². The summed E-state index contributed by atoms with van der Waals surface area (Å²) in [6.45, 7) is 5.60. The van der Waals surface area contributed by atoms with Crippen molar-refractivity contribution in [3.05, 3.63) is 52.2 Å². The quantitative estimate of drug-likeness (QED) is 0.766. The van der Waals surface area contributed by atoms with Crippen LogP contribution < -0.4 is 5.69 Å². The van der Waals surface area contributed by atoms with E-state index in [4.69, 9.17) is 0 Å². The van der Waals surface area contributed by atoms with E-state index in [9.17, 15) is 13.2 Å². The molecule has 0 unspecified atom stereocenters. The summed E-state index contributed by atoms with van der Waals surface area (Å²) in [5.74, 6) is 1.02. The van der Waals surface area contributed by atoms with Gasteiger partial charge in [0.05, 0.1) is 12.3 Å². The van der Waals surface area contributed by atoms with E-state index in [2.05, 4.69) is 5.10 Å². The van der Waals surface area contributed by atoms with Crippen LogP contribution in [0.5, 0.6) is 0 Å². The molecule has 0 aliphatic carbocycles. The third-order valence-corrected chi connectivity index (χ3v) is 6.90. The summed E-state index contributed by atoms with van der Waals surface area (Å²) in [5, 5.41) is 4.61. The van der Waals surface area contributed by atoms with Crippen LogP contribution in [0.25, 0.3) is 0 Å². The number of nitrogens with zero attached hydrogens (tertiary/aromatic N) is 4. The number of piperidine rings is 1. The zero-order valence-electron chi connectivity index (χ0n) is 15.3. The Balaban J connectivity index is 1.81. The van der Waals surface area contributed by atoms with Gasteiger partial charge in [-0.05, 0) is 32.3 Å². The Hall–Kier alpha value is -1.93. The fourth-order valence-electron chi connectivity index (χ4n) is 3.49. The molecule has 1 aliphatic heterocycles. The van der Waals surface area contributed by atoms with E-state index in [-0.39, 0.29) is 17.4 Å². The predicted molar refractivity (Wildman–Crippen MR) is 101 cm³/mol. The van der Waals surface area contributed by atoms with Gasteiger partial charge in [0, 0.05) is 25.6 Å². The maximum atomic E-state index is 12.7. The first kappa shape index (κ1) is 18.8. The topological polar surface area (TPSA) is 77.2 Å². The van der Waals surface area contributed by atoms with Gasteiger partial charge in [-0.15, -0.1) is 0 Å². The van der Waals surface area contributed by atoms with Crippen LogP contribution in [0.2, 0.25) is 0 Å². The minimum atomic E-state index is -3.15. The van der Waals surface area contributed by atoms with Crippen molar-refractivity contribution in [1.29, 1.82) is 0 Å². The predicted octanol–water partition coefficient (Wildman–Crippen LogP) is 1.64. The van der Waals surface area contributed by atoms with Crippen molar-refractivity contribution >= 4 is 10.0 Å². The summed E-state index contributed by atoms with van der Waals surface area (Å²) < 4.78 is 28.9. The van der Waals surface area contributed by atoms with E-state index in [1.54, 1.807) is 15.8 Å². The first-order valence-electron chi connectivity index (χ1n) is 9.15. The van der Waals surface area contributed by atoms with Crippen LogP contribution in [0.3, 0.4) is 0 Å². The Morgan fingerprint density at radius 3 is 2.35 bits per heavy atom. The molecular weight excluding hydrogens is 352 g/mol. The van der Waals surface area contributed by atoms with Crippen molar-refractivity contribution in [3.63, 3.8) is 0 Å². The Morgan fingerprint density at radius 1 is 1.12 bits per heavy atom. The van der Waals surface area contributed by atoms with Gasteiger partial charge in [0.25, 0.3) is 0 Å². The molecule has 2 aromatic rings. The molecule has 1 fully saturated rings. The molecule has 0 saturated carbocycles. The van der Waals surface area contributed by atoms with Crippen molar-refractivity contribution in [2.24, 2.45) is 0 Å². The van der Waals surface area contributed by atoms with Crippen molar-refractivity contribution in [2.75, 3.05) is 18.8 Å². The summed E-state index contributed by atoms with van der Waals surface area (Å²) in [5.41, 5.74) is 0.931. The highest BCUT2D eigenvalue weighted by molar-refractivity contribution is 7.89. The first-order valence-corrected chi connectivity index (χ1v) is 10.8. The number of benzene rings is 1. The van der Waals surface area contributed by atoms with Crippen LogP contribution in [-0.2, 0) is 23.1 Å². The molecule has 26 heavy (non-hydrogen) atoms. The van der Waals surface area contributed by atoms with Gasteiger partial charge in [0.15, 0.2) is 0 Å². The number of hydrogen-bond acceptors (Lipinski definition) is 4. The molecule has 0 amide bonds. The summed E-state index contributed by atoms with van der Waals surface area (Å²) in [7, 11) is -3.15. The average Bonchev–Trinajstić information content (AvgIpc) is 2.98. The van der Waals surface area contributed by atoms with E-state index in [1.807, 2.05) is 37.3 Å². The second kappa shape index (κ2) is 7.75. The molecule has 1 aromatic heterocycles. The largest absolute Gasteiger partial charge is 0.346 e. The van der Waals surface area contributed by atoms with Crippen molar-refractivity contribution in [2.45, 2.75) is 45.7 Å². The lowest BCUT2D eigenvalue weighted by Gasteiger charge is -2.30. The van der Waals surface area contributed by atoms with Crippen LogP contribution >= 0.6 is 0 Å². The number of sulfonamides is 1. The highest BCUT2D eigenvalue weighted by atomic mass is 32.2. The molecule has 142 valence electrons. The number of rotatable bonds is 6. The van der Waals surface area contributed by atoms with E-state index >= 15 is 0 Å². The fraction of sp³-hybridized carbons (Fsp3) is 0.556. The van der Waals surface area contributed by atoms with Crippen LogP contribution in [0.4, 0.5) is 0 Å². The SMILES string of the molecule is CCn1c(C2CCN(S(=O)(=O)CC)CC2)nn(Cc2ccccc2)c1=O. The summed E-state index contributed by atoms with van der Waals surface area (Å²) in [6, 6.07) is 9.79. The van der Waals surface area contributed by atoms with Gasteiger partial charge in [-0.2, -0.15) is 5.10 Å². The van der Waals surface area contributed by atoms with Gasteiger partial charge in [-0.3, -0.25) is 4.57 Å². The second-order valence-corrected chi connectivity index (χ2v) is 8.86. The monoisotopic (exact) mass is 378 g/mol. The average molecular weight is 378 g/mol. The smallest absolute Gasteiger partial charge is 0.279 e. The maximum absolute atomic E-state index is 12.7. The number of aromatic nitrogens is 3. The molecule has 0 radical (unpaired) electrons. The zero-order chi connectivity index (χ0) is 18.7. The van der Waals surface area contributed by atoms with E-state index in [0.29, 0.717) is 39.0 Å². The highest BCUT2D eigenvalue weighted by Crippen LogP contribution is 2.27. The van der Waals surface area contributed by atoms with Gasteiger partial charge in [0.2, 0.25) is 10.0 Å². The van der Waals surface area contributed by atoms with Crippen LogP contribution in [0, 0.1) is 0 Å². The maximum Gasteiger partial charge on any atom is 0.346 e. The molecular formula is C18H26N4O3S. The highest BCUT2D eigenvalue weighted by Gasteiger charge is 2.30. The molecule has 1 saturated heterocycles. The van der Waals surface area contributed by atoms with Crippen LogP contribution in [0.15, 0.2) is 35.1 Å². The zero-order valence-corrected chi connectivity index (χ0v) is 16.2. The van der Waals surface area contributed by atoms with Crippen molar-refractivity contribution in [3.8, 4) is 0 Å². The lowest BCUT2D eigenvalue weighted by molar-refractivity contribution is 0.309. The third-order valence-electron chi connectivity index (χ3n) is 5.02. The first-order chi connectivity index (χ1) is 12.5. The lowest BCUT2D eigenvalue weighted by Crippen LogP contribution is -2.39. The van der Waals surface area contributed by atoms with Gasteiger partial charge in [0.1, 0.15) is 5.82 Å². The molecule has 3 rings (SSSR count). The standard InChI is InChI=1S/C18H26N4O3S/c1-3-21-17(16-10-12-20(13-11-16)26(24,25)4-2)19-22(18(21)23)14-15-8-6-5-7-9-15/h5-9,16H,3-4,10-14H2,1-2H3. The molecule has 1 aliphatic rings. The Bertz CT molecular complexity index is 894. The summed E-state index contributed by atoms with van der Waals surface area (Å²) >= 11 is 0. The third kappa shape index (κ3) is 3.76. The molecule has 8 heteroatoms. The normalized spacial score (nSPS) is 16.8. The minimum Gasteiger partial charge on any atom is -0.279 e. The molecule has 0 N–H and O–H groups in total. The molecule has 0 atom stereocenters. The number of hydrogen-bond donors (Lipinski definition) is 0. The molecule has 1 aromatic carbocycles. The van der Waals surface area contributed by atoms with Gasteiger partial charge >= 0.3 is 5.69 Å². The lowest BCUT2D eigenvalue weighted by atomic mass is 9.97. The Kier molecular flexibility index (Phi) is 5.62. The summed E-state index contributed by atoms with van der Waals surface area (Å²) in [4.78, 5) is 12.7. The van der Waals surface area contributed by atoms with Crippen LogP contribution in [0.1, 0.15) is 44.0 Å². The minimum absolute atomic E-state index is 0.102. The van der Waals surface area contributed by atoms with Gasteiger partial charge in [-0.25, -0.2) is 22.2 Å².